The van der Waals surface area contributed by atoms with Crippen LogP contribution in [0.25, 0.3) is 0 Å². The molecular formula is C19H32N4OS. The van der Waals surface area contributed by atoms with Gasteiger partial charge in [0.2, 0.25) is 5.91 Å². The molecule has 1 amide bonds. The van der Waals surface area contributed by atoms with Crippen LogP contribution in [0.15, 0.2) is 5.16 Å². The summed E-state index contributed by atoms with van der Waals surface area (Å²) in [5, 5.41) is 7.68. The van der Waals surface area contributed by atoms with E-state index < -0.39 is 0 Å². The highest BCUT2D eigenvalue weighted by Gasteiger charge is 2.38. The summed E-state index contributed by atoms with van der Waals surface area (Å²) < 4.78 is 0. The van der Waals surface area contributed by atoms with Gasteiger partial charge in [-0.25, -0.2) is 9.97 Å². The molecule has 140 valence electrons. The Hall–Kier alpha value is -1.14. The smallest absolute Gasteiger partial charge is 0.220 e. The summed E-state index contributed by atoms with van der Waals surface area (Å²) in [5.74, 6) is 0.117. The second-order valence-corrected chi connectivity index (χ2v) is 9.20. The number of amides is 1. The van der Waals surface area contributed by atoms with Crippen LogP contribution in [0, 0.1) is 13.8 Å². The van der Waals surface area contributed by atoms with Crippen LogP contribution in [0.2, 0.25) is 0 Å². The molecule has 0 aromatic carbocycles. The highest BCUT2D eigenvalue weighted by Crippen LogP contribution is 2.28. The molecule has 2 N–H and O–H groups in total. The second kappa shape index (κ2) is 7.62. The standard InChI is InChI=1S/C19H32N4OS/c1-12-15(13(2)21-17(20-12)25-7)8-9-16(24)22-14-10-18(3,4)23-19(5,6)11-14/h14,23H,8-11H2,1-7H3,(H,22,24). The lowest BCUT2D eigenvalue weighted by molar-refractivity contribution is -0.122. The van der Waals surface area contributed by atoms with Gasteiger partial charge in [-0.3, -0.25) is 4.79 Å². The molecule has 1 aromatic heterocycles. The Bertz CT molecular complexity index is 603. The van der Waals surface area contributed by atoms with Gasteiger partial charge < -0.3 is 10.6 Å². The first kappa shape index (κ1) is 20.2. The quantitative estimate of drug-likeness (QED) is 0.620. The van der Waals surface area contributed by atoms with Crippen LogP contribution in [0.1, 0.15) is 63.9 Å². The van der Waals surface area contributed by atoms with E-state index in [0.717, 1.165) is 34.9 Å². The van der Waals surface area contributed by atoms with Crippen LogP contribution in [0.5, 0.6) is 0 Å². The molecule has 0 saturated carbocycles. The Balaban J connectivity index is 1.95. The topological polar surface area (TPSA) is 66.9 Å². The summed E-state index contributed by atoms with van der Waals surface area (Å²) >= 11 is 1.55. The fourth-order valence-electron chi connectivity index (χ4n) is 4.12. The van der Waals surface area contributed by atoms with Crippen LogP contribution in [0.4, 0.5) is 0 Å². The number of aryl methyl sites for hydroxylation is 2. The maximum atomic E-state index is 12.5. The number of thioether (sulfide) groups is 1. The highest BCUT2D eigenvalue weighted by molar-refractivity contribution is 7.98. The van der Waals surface area contributed by atoms with Gasteiger partial charge in [0.25, 0.3) is 0 Å². The number of piperidine rings is 1. The van der Waals surface area contributed by atoms with Crippen molar-refractivity contribution in [1.29, 1.82) is 0 Å². The Morgan fingerprint density at radius 3 is 2.16 bits per heavy atom. The van der Waals surface area contributed by atoms with E-state index in [2.05, 4.69) is 48.3 Å². The summed E-state index contributed by atoms with van der Waals surface area (Å²) in [7, 11) is 0. The summed E-state index contributed by atoms with van der Waals surface area (Å²) in [6.07, 6.45) is 5.05. The molecular weight excluding hydrogens is 332 g/mol. The average molecular weight is 365 g/mol. The molecule has 6 heteroatoms. The molecule has 1 saturated heterocycles. The van der Waals surface area contributed by atoms with Gasteiger partial charge in [-0.1, -0.05) is 11.8 Å². The Morgan fingerprint density at radius 1 is 1.16 bits per heavy atom. The first-order chi connectivity index (χ1) is 11.5. The van der Waals surface area contributed by atoms with Gasteiger partial charge in [-0.15, -0.1) is 0 Å². The van der Waals surface area contributed by atoms with Gasteiger partial charge in [0.1, 0.15) is 0 Å². The van der Waals surface area contributed by atoms with Crippen molar-refractivity contribution in [3.8, 4) is 0 Å². The maximum absolute atomic E-state index is 12.5. The number of carbonyl (C=O) groups is 1. The lowest BCUT2D eigenvalue weighted by atomic mass is 9.79. The molecule has 2 rings (SSSR count). The normalized spacial score (nSPS) is 19.6. The van der Waals surface area contributed by atoms with Crippen molar-refractivity contribution in [2.45, 2.75) is 89.5 Å². The van der Waals surface area contributed by atoms with E-state index in [1.54, 1.807) is 11.8 Å². The van der Waals surface area contributed by atoms with E-state index in [1.807, 2.05) is 20.1 Å². The Morgan fingerprint density at radius 2 is 1.68 bits per heavy atom. The largest absolute Gasteiger partial charge is 0.353 e. The summed E-state index contributed by atoms with van der Waals surface area (Å²) in [4.78, 5) is 21.5. The fourth-order valence-corrected chi connectivity index (χ4v) is 4.58. The number of hydrogen-bond donors (Lipinski definition) is 2. The molecule has 1 aliphatic heterocycles. The Labute approximate surface area is 156 Å². The molecule has 0 radical (unpaired) electrons. The molecule has 5 nitrogen and oxygen atoms in total. The number of rotatable bonds is 5. The predicted molar refractivity (Wildman–Crippen MR) is 104 cm³/mol. The number of nitrogens with zero attached hydrogens (tertiary/aromatic N) is 2. The molecule has 2 heterocycles. The third-order valence-corrected chi connectivity index (χ3v) is 5.29. The molecule has 0 bridgehead atoms. The number of nitrogens with one attached hydrogen (secondary N) is 2. The maximum Gasteiger partial charge on any atom is 0.220 e. The molecule has 0 atom stereocenters. The van der Waals surface area contributed by atoms with Crippen LogP contribution < -0.4 is 10.6 Å². The molecule has 25 heavy (non-hydrogen) atoms. The zero-order valence-electron chi connectivity index (χ0n) is 16.6. The summed E-state index contributed by atoms with van der Waals surface area (Å²) in [6.45, 7) is 12.8. The molecule has 1 aromatic rings. The van der Waals surface area contributed by atoms with E-state index in [1.165, 1.54) is 0 Å². The van der Waals surface area contributed by atoms with Crippen molar-refractivity contribution in [3.63, 3.8) is 0 Å². The SMILES string of the molecule is CSc1nc(C)c(CCC(=O)NC2CC(C)(C)NC(C)(C)C2)c(C)n1. The monoisotopic (exact) mass is 364 g/mol. The fraction of sp³-hybridized carbons (Fsp3) is 0.737. The van der Waals surface area contributed by atoms with Crippen molar-refractivity contribution < 1.29 is 4.79 Å². The van der Waals surface area contributed by atoms with E-state index >= 15 is 0 Å². The van der Waals surface area contributed by atoms with Crippen molar-refractivity contribution in [3.05, 3.63) is 17.0 Å². The minimum Gasteiger partial charge on any atom is -0.353 e. The van der Waals surface area contributed by atoms with E-state index in [-0.39, 0.29) is 23.0 Å². The predicted octanol–water partition coefficient (Wildman–Crippen LogP) is 3.17. The number of carbonyl (C=O) groups excluding carboxylic acids is 1. The molecule has 0 unspecified atom stereocenters. The highest BCUT2D eigenvalue weighted by atomic mass is 32.2. The van der Waals surface area contributed by atoms with Crippen molar-refractivity contribution in [1.82, 2.24) is 20.6 Å². The molecule has 1 fully saturated rings. The number of hydrogen-bond acceptors (Lipinski definition) is 5. The Kier molecular flexibility index (Phi) is 6.15. The molecule has 1 aliphatic rings. The average Bonchev–Trinajstić information content (AvgIpc) is 2.42. The zero-order valence-corrected chi connectivity index (χ0v) is 17.4. The van der Waals surface area contributed by atoms with Crippen LogP contribution in [-0.2, 0) is 11.2 Å². The molecule has 0 spiro atoms. The lowest BCUT2D eigenvalue weighted by Gasteiger charge is -2.46. The molecule has 0 aliphatic carbocycles. The van der Waals surface area contributed by atoms with E-state index in [4.69, 9.17) is 0 Å². The van der Waals surface area contributed by atoms with Crippen LogP contribution in [0.3, 0.4) is 0 Å². The van der Waals surface area contributed by atoms with Gasteiger partial charge in [0, 0.05) is 34.9 Å². The second-order valence-electron chi connectivity index (χ2n) is 8.43. The van der Waals surface area contributed by atoms with Gasteiger partial charge in [-0.2, -0.15) is 0 Å². The van der Waals surface area contributed by atoms with Crippen molar-refractivity contribution >= 4 is 17.7 Å². The lowest BCUT2D eigenvalue weighted by Crippen LogP contribution is -2.62. The van der Waals surface area contributed by atoms with E-state index in [0.29, 0.717) is 12.8 Å². The van der Waals surface area contributed by atoms with Gasteiger partial charge in [-0.05, 0) is 72.6 Å². The zero-order chi connectivity index (χ0) is 18.8. The third-order valence-electron chi connectivity index (χ3n) is 4.74. The minimum atomic E-state index is 0.0361. The van der Waals surface area contributed by atoms with Crippen molar-refractivity contribution in [2.24, 2.45) is 0 Å². The van der Waals surface area contributed by atoms with E-state index in [9.17, 15) is 4.79 Å². The van der Waals surface area contributed by atoms with Crippen LogP contribution in [-0.4, -0.2) is 39.3 Å². The first-order valence-electron chi connectivity index (χ1n) is 8.98. The van der Waals surface area contributed by atoms with Gasteiger partial charge in [0.15, 0.2) is 5.16 Å². The summed E-state index contributed by atoms with van der Waals surface area (Å²) in [5.41, 5.74) is 3.13. The van der Waals surface area contributed by atoms with Crippen LogP contribution >= 0.6 is 11.8 Å². The third kappa shape index (κ3) is 5.68. The number of aromatic nitrogens is 2. The minimum absolute atomic E-state index is 0.0361. The van der Waals surface area contributed by atoms with Gasteiger partial charge >= 0.3 is 0 Å². The summed E-state index contributed by atoms with van der Waals surface area (Å²) in [6, 6.07) is 0.219. The van der Waals surface area contributed by atoms with Gasteiger partial charge in [0.05, 0.1) is 0 Å². The van der Waals surface area contributed by atoms with Crippen molar-refractivity contribution in [2.75, 3.05) is 6.26 Å². The first-order valence-corrected chi connectivity index (χ1v) is 10.2.